The summed E-state index contributed by atoms with van der Waals surface area (Å²) in [5, 5.41) is 8.32. The molecule has 0 N–H and O–H groups in total. The molecule has 0 spiro atoms. The van der Waals surface area contributed by atoms with Gasteiger partial charge in [0.15, 0.2) is 17.3 Å². The average molecular weight is 395 g/mol. The quantitative estimate of drug-likeness (QED) is 0.517. The van der Waals surface area contributed by atoms with Gasteiger partial charge in [-0.3, -0.25) is 4.79 Å². The zero-order valence-electron chi connectivity index (χ0n) is 15.5. The predicted octanol–water partition coefficient (Wildman–Crippen LogP) is 2.39. The van der Waals surface area contributed by atoms with Gasteiger partial charge < -0.3 is 14.2 Å². The van der Waals surface area contributed by atoms with Gasteiger partial charge in [-0.1, -0.05) is 41.7 Å². The normalized spacial score (nSPS) is 11.8. The minimum atomic E-state index is -0.169. The summed E-state index contributed by atoms with van der Waals surface area (Å²) < 4.78 is 18.2. The number of ether oxygens (including phenoxy) is 3. The second kappa shape index (κ2) is 7.32. The molecule has 8 heteroatoms. The van der Waals surface area contributed by atoms with Crippen molar-refractivity contribution >= 4 is 22.4 Å². The third-order valence-electron chi connectivity index (χ3n) is 4.27. The molecule has 4 aromatic rings. The Morgan fingerprint density at radius 2 is 1.64 bits per heavy atom. The van der Waals surface area contributed by atoms with Gasteiger partial charge in [-0.25, -0.2) is 4.40 Å². The minimum Gasteiger partial charge on any atom is -0.493 e. The Labute approximate surface area is 164 Å². The summed E-state index contributed by atoms with van der Waals surface area (Å²) in [4.78, 5) is 13.5. The summed E-state index contributed by atoms with van der Waals surface area (Å²) in [5.74, 6) is 2.07. The lowest BCUT2D eigenvalue weighted by Crippen LogP contribution is -2.23. The summed E-state index contributed by atoms with van der Waals surface area (Å²) >= 11 is 1.28. The molecule has 7 nitrogen and oxygen atoms in total. The van der Waals surface area contributed by atoms with Crippen LogP contribution in [0.15, 0.2) is 47.3 Å². The maximum Gasteiger partial charge on any atom is 0.276 e. The van der Waals surface area contributed by atoms with Crippen molar-refractivity contribution in [3.8, 4) is 28.6 Å². The van der Waals surface area contributed by atoms with Crippen molar-refractivity contribution in [2.75, 3.05) is 21.3 Å². The van der Waals surface area contributed by atoms with E-state index in [-0.39, 0.29) is 5.56 Å². The first-order valence-electron chi connectivity index (χ1n) is 8.41. The molecule has 0 radical (unpaired) electrons. The number of nitrogens with zero attached hydrogens (tertiary/aromatic N) is 3. The Bertz CT molecular complexity index is 1220. The van der Waals surface area contributed by atoms with Crippen LogP contribution in [0.2, 0.25) is 0 Å². The van der Waals surface area contributed by atoms with Gasteiger partial charge in [-0.2, -0.15) is 0 Å². The second-order valence-corrected chi connectivity index (χ2v) is 6.89. The van der Waals surface area contributed by atoms with Gasteiger partial charge in [0.05, 0.1) is 25.9 Å². The highest BCUT2D eigenvalue weighted by Gasteiger charge is 2.15. The number of fused-ring (bicyclic) bond motifs is 1. The van der Waals surface area contributed by atoms with Gasteiger partial charge in [0.2, 0.25) is 10.7 Å². The van der Waals surface area contributed by atoms with E-state index in [1.165, 1.54) is 15.7 Å². The fraction of sp³-hybridized carbons (Fsp3) is 0.150. The molecule has 0 aliphatic carbocycles. The topological polar surface area (TPSA) is 75.0 Å². The molecule has 2 heterocycles. The monoisotopic (exact) mass is 395 g/mol. The molecule has 0 aliphatic rings. The third kappa shape index (κ3) is 2.97. The SMILES string of the molecule is COc1cc(/C=c2\sc3nnc(-c4ccccc4)n3c2=O)cc(OC)c1OC. The van der Waals surface area contributed by atoms with E-state index < -0.39 is 0 Å². The fourth-order valence-electron chi connectivity index (χ4n) is 2.97. The second-order valence-electron chi connectivity index (χ2n) is 5.88. The van der Waals surface area contributed by atoms with Crippen molar-refractivity contribution in [1.82, 2.24) is 14.6 Å². The Morgan fingerprint density at radius 3 is 2.25 bits per heavy atom. The third-order valence-corrected chi connectivity index (χ3v) is 5.22. The summed E-state index contributed by atoms with van der Waals surface area (Å²) in [6, 6.07) is 13.1. The number of thiazole rings is 1. The molecule has 0 aliphatic heterocycles. The van der Waals surface area contributed by atoms with E-state index in [0.717, 1.165) is 11.1 Å². The Kier molecular flexibility index (Phi) is 4.70. The van der Waals surface area contributed by atoms with Crippen molar-refractivity contribution in [2.24, 2.45) is 0 Å². The molecule has 0 bridgehead atoms. The van der Waals surface area contributed by atoms with Crippen LogP contribution in [-0.4, -0.2) is 35.9 Å². The van der Waals surface area contributed by atoms with E-state index in [9.17, 15) is 4.79 Å². The maximum atomic E-state index is 13.0. The highest BCUT2D eigenvalue weighted by Crippen LogP contribution is 2.38. The minimum absolute atomic E-state index is 0.169. The van der Waals surface area contributed by atoms with Crippen LogP contribution in [0.3, 0.4) is 0 Å². The van der Waals surface area contributed by atoms with Crippen molar-refractivity contribution in [1.29, 1.82) is 0 Å². The molecular formula is C20H17N3O4S. The smallest absolute Gasteiger partial charge is 0.276 e. The van der Waals surface area contributed by atoms with Crippen LogP contribution in [0.5, 0.6) is 17.2 Å². The Hall–Kier alpha value is -3.39. The number of rotatable bonds is 5. The molecule has 4 rings (SSSR count). The van der Waals surface area contributed by atoms with Crippen LogP contribution in [0.4, 0.5) is 0 Å². The Balaban J connectivity index is 1.89. The predicted molar refractivity (Wildman–Crippen MR) is 107 cm³/mol. The zero-order chi connectivity index (χ0) is 19.7. The highest BCUT2D eigenvalue weighted by molar-refractivity contribution is 7.15. The molecular weight excluding hydrogens is 378 g/mol. The average Bonchev–Trinajstić information content (AvgIpc) is 3.28. The van der Waals surface area contributed by atoms with E-state index in [0.29, 0.717) is 32.6 Å². The largest absolute Gasteiger partial charge is 0.493 e. The maximum absolute atomic E-state index is 13.0. The van der Waals surface area contributed by atoms with E-state index in [1.807, 2.05) is 30.3 Å². The zero-order valence-corrected chi connectivity index (χ0v) is 16.3. The van der Waals surface area contributed by atoms with Crippen LogP contribution < -0.4 is 24.3 Å². The fourth-order valence-corrected chi connectivity index (χ4v) is 3.89. The van der Waals surface area contributed by atoms with Crippen molar-refractivity contribution in [3.05, 3.63) is 62.9 Å². The van der Waals surface area contributed by atoms with E-state index in [1.54, 1.807) is 39.5 Å². The van der Waals surface area contributed by atoms with Gasteiger partial charge in [-0.05, 0) is 23.8 Å². The van der Waals surface area contributed by atoms with E-state index in [4.69, 9.17) is 14.2 Å². The number of hydrogen-bond acceptors (Lipinski definition) is 7. The van der Waals surface area contributed by atoms with Crippen LogP contribution in [0.1, 0.15) is 5.56 Å². The van der Waals surface area contributed by atoms with Crippen molar-refractivity contribution < 1.29 is 14.2 Å². The first-order chi connectivity index (χ1) is 13.7. The lowest BCUT2D eigenvalue weighted by atomic mass is 10.1. The number of benzene rings is 2. The molecule has 0 unspecified atom stereocenters. The Morgan fingerprint density at radius 1 is 0.964 bits per heavy atom. The van der Waals surface area contributed by atoms with Crippen LogP contribution >= 0.6 is 11.3 Å². The first kappa shape index (κ1) is 18.0. The van der Waals surface area contributed by atoms with Gasteiger partial charge >= 0.3 is 0 Å². The highest BCUT2D eigenvalue weighted by atomic mass is 32.1. The van der Waals surface area contributed by atoms with Gasteiger partial charge in [0.1, 0.15) is 0 Å². The molecule has 142 valence electrons. The van der Waals surface area contributed by atoms with Crippen LogP contribution in [0, 0.1) is 0 Å². The van der Waals surface area contributed by atoms with E-state index >= 15 is 0 Å². The van der Waals surface area contributed by atoms with Gasteiger partial charge in [-0.15, -0.1) is 10.2 Å². The summed E-state index contributed by atoms with van der Waals surface area (Å²) in [6.45, 7) is 0. The molecule has 0 saturated heterocycles. The standard InChI is InChI=1S/C20H17N3O4S/c1-25-14-9-12(10-15(26-2)17(14)27-3)11-16-19(24)23-18(21-22-20(23)28-16)13-7-5-4-6-8-13/h4-11H,1-3H3/b16-11-. The lowest BCUT2D eigenvalue weighted by Gasteiger charge is -2.12. The van der Waals surface area contributed by atoms with Crippen molar-refractivity contribution in [3.63, 3.8) is 0 Å². The molecule has 0 saturated carbocycles. The van der Waals surface area contributed by atoms with Crippen LogP contribution in [0.25, 0.3) is 22.4 Å². The number of aromatic nitrogens is 3. The lowest BCUT2D eigenvalue weighted by molar-refractivity contribution is 0.324. The number of hydrogen-bond donors (Lipinski definition) is 0. The summed E-state index contributed by atoms with van der Waals surface area (Å²) in [6.07, 6.45) is 1.78. The summed E-state index contributed by atoms with van der Waals surface area (Å²) in [7, 11) is 4.65. The van der Waals surface area contributed by atoms with Gasteiger partial charge in [0.25, 0.3) is 5.56 Å². The van der Waals surface area contributed by atoms with Crippen LogP contribution in [-0.2, 0) is 0 Å². The first-order valence-corrected chi connectivity index (χ1v) is 9.23. The molecule has 2 aromatic heterocycles. The van der Waals surface area contributed by atoms with E-state index in [2.05, 4.69) is 10.2 Å². The molecule has 28 heavy (non-hydrogen) atoms. The molecule has 0 amide bonds. The van der Waals surface area contributed by atoms with Crippen molar-refractivity contribution in [2.45, 2.75) is 0 Å². The molecule has 0 fully saturated rings. The molecule has 2 aromatic carbocycles. The van der Waals surface area contributed by atoms with Gasteiger partial charge in [0, 0.05) is 5.56 Å². The number of methoxy groups -OCH3 is 3. The molecule has 0 atom stereocenters. The summed E-state index contributed by atoms with van der Waals surface area (Å²) in [5.41, 5.74) is 1.42.